The summed E-state index contributed by atoms with van der Waals surface area (Å²) in [5.74, 6) is -0.494. The maximum Gasteiger partial charge on any atom is 0.243 e. The second kappa shape index (κ2) is 12.6. The number of fused-ring (bicyclic) bond motifs is 2. The van der Waals surface area contributed by atoms with Crippen molar-refractivity contribution in [1.82, 2.24) is 35.4 Å². The normalized spacial score (nSPS) is 23.6. The summed E-state index contributed by atoms with van der Waals surface area (Å²) >= 11 is 0. The number of amides is 3. The molecule has 4 aromatic rings. The summed E-state index contributed by atoms with van der Waals surface area (Å²) < 4.78 is 1.72. The third-order valence-corrected chi connectivity index (χ3v) is 9.91. The molecular formula is C35H41N7O3. The van der Waals surface area contributed by atoms with E-state index < -0.39 is 18.0 Å². The fraction of sp³-hybridized carbons (Fsp3) is 0.457. The summed E-state index contributed by atoms with van der Waals surface area (Å²) in [7, 11) is 1.85. The second-order valence-corrected chi connectivity index (χ2v) is 13.0. The van der Waals surface area contributed by atoms with Crippen LogP contribution in [0.25, 0.3) is 21.8 Å². The van der Waals surface area contributed by atoms with Crippen LogP contribution in [-0.2, 0) is 34.4 Å². The van der Waals surface area contributed by atoms with E-state index >= 15 is 0 Å². The van der Waals surface area contributed by atoms with Gasteiger partial charge in [-0.1, -0.05) is 53.7 Å². The number of rotatable bonds is 7. The minimum Gasteiger partial charge on any atom is -0.350 e. The van der Waals surface area contributed by atoms with Crippen molar-refractivity contribution in [3.05, 3.63) is 71.8 Å². The second-order valence-electron chi connectivity index (χ2n) is 13.0. The van der Waals surface area contributed by atoms with Gasteiger partial charge in [0.15, 0.2) is 0 Å². The van der Waals surface area contributed by atoms with Crippen molar-refractivity contribution in [2.45, 2.75) is 57.2 Å². The standard InChI is InChI=1S/C35H41N7O3/c1-40-30-13-11-24(19-29(30)38-39-40)21-37-33(43)31-20-25(17-23-10-12-26-7-2-3-8-27(26)18-23)22-42(31)35(45)32-28(9-6-14-36-32)34(44)41-15-4-5-16-41/h2-3,7-8,10-13,18-19,25,28,31-32,36H,4-6,9,14-17,20-22H2,1H3,(H,37,43)/t25-,28+,31+,32-/m1/s1. The van der Waals surface area contributed by atoms with E-state index in [4.69, 9.17) is 0 Å². The van der Waals surface area contributed by atoms with E-state index in [1.165, 1.54) is 16.3 Å². The molecule has 7 rings (SSSR count). The van der Waals surface area contributed by atoms with Crippen molar-refractivity contribution in [2.75, 3.05) is 26.2 Å². The Kier molecular flexibility index (Phi) is 8.23. The molecule has 0 spiro atoms. The first kappa shape index (κ1) is 29.4. The van der Waals surface area contributed by atoms with Crippen molar-refractivity contribution in [3.63, 3.8) is 0 Å². The highest BCUT2D eigenvalue weighted by molar-refractivity contribution is 5.94. The van der Waals surface area contributed by atoms with E-state index in [0.29, 0.717) is 32.5 Å². The monoisotopic (exact) mass is 607 g/mol. The molecule has 2 N–H and O–H groups in total. The van der Waals surface area contributed by atoms with Crippen LogP contribution in [0.4, 0.5) is 0 Å². The molecule has 45 heavy (non-hydrogen) atoms. The van der Waals surface area contributed by atoms with Gasteiger partial charge in [0, 0.05) is 33.2 Å². The number of carbonyl (C=O) groups excluding carboxylic acids is 3. The van der Waals surface area contributed by atoms with Gasteiger partial charge in [-0.05, 0) is 85.0 Å². The molecule has 10 nitrogen and oxygen atoms in total. The number of hydrogen-bond donors (Lipinski definition) is 2. The van der Waals surface area contributed by atoms with E-state index in [1.807, 2.05) is 42.3 Å². The van der Waals surface area contributed by atoms with E-state index in [9.17, 15) is 14.4 Å². The topological polar surface area (TPSA) is 112 Å². The number of carbonyl (C=O) groups is 3. The average Bonchev–Trinajstić information content (AvgIpc) is 3.84. The zero-order chi connectivity index (χ0) is 30.9. The van der Waals surface area contributed by atoms with Gasteiger partial charge in [0.05, 0.1) is 17.5 Å². The molecule has 3 fully saturated rings. The summed E-state index contributed by atoms with van der Waals surface area (Å²) in [5, 5.41) is 17.1. The number of nitrogens with one attached hydrogen (secondary N) is 2. The van der Waals surface area contributed by atoms with Gasteiger partial charge in [-0.25, -0.2) is 4.68 Å². The molecule has 0 aliphatic carbocycles. The van der Waals surface area contributed by atoms with Crippen LogP contribution in [0.1, 0.15) is 43.2 Å². The van der Waals surface area contributed by atoms with Gasteiger partial charge in [0.25, 0.3) is 0 Å². The Morgan fingerprint density at radius 2 is 1.73 bits per heavy atom. The van der Waals surface area contributed by atoms with Gasteiger partial charge in [0.1, 0.15) is 11.6 Å². The maximum atomic E-state index is 14.3. The van der Waals surface area contributed by atoms with Crippen molar-refractivity contribution in [1.29, 1.82) is 0 Å². The Balaban J connectivity index is 1.11. The maximum absolute atomic E-state index is 14.3. The molecule has 10 heteroatoms. The molecule has 3 aliphatic rings. The fourth-order valence-electron chi connectivity index (χ4n) is 7.53. The van der Waals surface area contributed by atoms with Gasteiger partial charge in [-0.2, -0.15) is 0 Å². The highest BCUT2D eigenvalue weighted by atomic mass is 16.2. The summed E-state index contributed by atoms with van der Waals surface area (Å²) in [4.78, 5) is 45.4. The molecule has 0 saturated carbocycles. The molecule has 234 valence electrons. The summed E-state index contributed by atoms with van der Waals surface area (Å²) in [6, 6.07) is 19.4. The summed E-state index contributed by atoms with van der Waals surface area (Å²) in [6.45, 7) is 3.03. The van der Waals surface area contributed by atoms with Crippen molar-refractivity contribution in [2.24, 2.45) is 18.9 Å². The number of piperidine rings is 1. The van der Waals surface area contributed by atoms with E-state index in [0.717, 1.165) is 55.4 Å². The average molecular weight is 608 g/mol. The van der Waals surface area contributed by atoms with Crippen LogP contribution in [0.5, 0.6) is 0 Å². The van der Waals surface area contributed by atoms with Gasteiger partial charge in [-0.3, -0.25) is 14.4 Å². The number of hydrogen-bond acceptors (Lipinski definition) is 6. The van der Waals surface area contributed by atoms with Crippen LogP contribution >= 0.6 is 0 Å². The van der Waals surface area contributed by atoms with E-state index in [1.54, 1.807) is 9.58 Å². The lowest BCUT2D eigenvalue weighted by molar-refractivity contribution is -0.146. The molecule has 4 heterocycles. The molecule has 1 aromatic heterocycles. The zero-order valence-electron chi connectivity index (χ0n) is 25.8. The molecular weight excluding hydrogens is 566 g/mol. The number of benzene rings is 3. The number of likely N-dealkylation sites (tertiary alicyclic amines) is 2. The molecule has 3 aliphatic heterocycles. The molecule has 3 amide bonds. The highest BCUT2D eigenvalue weighted by Gasteiger charge is 2.46. The lowest BCUT2D eigenvalue weighted by atomic mass is 9.88. The molecule has 0 unspecified atom stereocenters. The minimum atomic E-state index is -0.611. The quantitative estimate of drug-likeness (QED) is 0.334. The Morgan fingerprint density at radius 1 is 0.933 bits per heavy atom. The first-order valence-corrected chi connectivity index (χ1v) is 16.3. The van der Waals surface area contributed by atoms with Gasteiger partial charge < -0.3 is 20.4 Å². The summed E-state index contributed by atoms with van der Waals surface area (Å²) in [6.07, 6.45) is 4.92. The molecule has 3 saturated heterocycles. The largest absolute Gasteiger partial charge is 0.350 e. The Labute approximate surface area is 263 Å². The predicted molar refractivity (Wildman–Crippen MR) is 172 cm³/mol. The van der Waals surface area contributed by atoms with Crippen molar-refractivity contribution < 1.29 is 14.4 Å². The number of aromatic nitrogens is 3. The van der Waals surface area contributed by atoms with Crippen LogP contribution in [0.15, 0.2) is 60.7 Å². The van der Waals surface area contributed by atoms with Crippen molar-refractivity contribution >= 4 is 39.5 Å². The smallest absolute Gasteiger partial charge is 0.243 e. The first-order chi connectivity index (χ1) is 21.9. The van der Waals surface area contributed by atoms with Crippen LogP contribution in [0.3, 0.4) is 0 Å². The molecule has 0 radical (unpaired) electrons. The fourth-order valence-corrected chi connectivity index (χ4v) is 7.53. The summed E-state index contributed by atoms with van der Waals surface area (Å²) in [5.41, 5.74) is 3.81. The highest BCUT2D eigenvalue weighted by Crippen LogP contribution is 2.31. The van der Waals surface area contributed by atoms with Gasteiger partial charge in [0.2, 0.25) is 17.7 Å². The van der Waals surface area contributed by atoms with Crippen LogP contribution in [0.2, 0.25) is 0 Å². The Hall–Kier alpha value is -4.31. The number of aryl methyl sites for hydroxylation is 1. The van der Waals surface area contributed by atoms with Crippen LogP contribution in [0, 0.1) is 11.8 Å². The van der Waals surface area contributed by atoms with E-state index in [-0.39, 0.29) is 23.6 Å². The van der Waals surface area contributed by atoms with Gasteiger partial charge in [-0.15, -0.1) is 5.10 Å². The molecule has 4 atom stereocenters. The van der Waals surface area contributed by atoms with Crippen LogP contribution < -0.4 is 10.6 Å². The molecule has 0 bridgehead atoms. The predicted octanol–water partition coefficient (Wildman–Crippen LogP) is 3.19. The third kappa shape index (κ3) is 6.03. The molecule has 3 aromatic carbocycles. The number of nitrogens with zero attached hydrogens (tertiary/aromatic N) is 5. The Bertz CT molecular complexity index is 1730. The van der Waals surface area contributed by atoms with Gasteiger partial charge >= 0.3 is 0 Å². The van der Waals surface area contributed by atoms with Crippen molar-refractivity contribution in [3.8, 4) is 0 Å². The van der Waals surface area contributed by atoms with E-state index in [2.05, 4.69) is 51.3 Å². The first-order valence-electron chi connectivity index (χ1n) is 16.3. The van der Waals surface area contributed by atoms with Crippen LogP contribution in [-0.4, -0.2) is 80.8 Å². The SMILES string of the molecule is Cn1nnc2cc(CNC(=O)[C@@H]3C[C@@H](Cc4ccc5ccccc5c4)CN3C(=O)[C@@H]3NCCC[C@@H]3C(=O)N3CCCC3)ccc21. The lowest BCUT2D eigenvalue weighted by Crippen LogP contribution is -2.59. The third-order valence-electron chi connectivity index (χ3n) is 9.91. The zero-order valence-corrected chi connectivity index (χ0v) is 25.8. The lowest BCUT2D eigenvalue weighted by Gasteiger charge is -2.36. The Morgan fingerprint density at radius 3 is 2.58 bits per heavy atom. The minimum absolute atomic E-state index is 0.0744.